The van der Waals surface area contributed by atoms with E-state index in [2.05, 4.69) is 15.4 Å². The summed E-state index contributed by atoms with van der Waals surface area (Å²) >= 11 is 0. The predicted octanol–water partition coefficient (Wildman–Crippen LogP) is 0.0637. The lowest BCUT2D eigenvalue weighted by molar-refractivity contribution is -0.145. The Morgan fingerprint density at radius 3 is 2.92 bits per heavy atom. The van der Waals surface area contributed by atoms with Gasteiger partial charge in [0.15, 0.2) is 23.0 Å². The topological polar surface area (TPSA) is 125 Å². The predicted molar refractivity (Wildman–Crippen MR) is 81.7 cm³/mol. The average Bonchev–Trinajstić information content (AvgIpc) is 3.20. The van der Waals surface area contributed by atoms with Crippen LogP contribution < -0.4 is 5.56 Å². The van der Waals surface area contributed by atoms with Crippen molar-refractivity contribution in [3.63, 3.8) is 0 Å². The molecule has 0 N–H and O–H groups in total. The molecule has 10 nitrogen and oxygen atoms in total. The molecule has 2 unspecified atom stereocenters. The smallest absolute Gasteiger partial charge is 0.302 e. The molecule has 2 fully saturated rings. The van der Waals surface area contributed by atoms with Crippen LogP contribution >= 0.6 is 0 Å². The molecule has 2 aliphatic rings. The molecule has 0 bridgehead atoms. The first-order valence-electron chi connectivity index (χ1n) is 7.83. The first-order chi connectivity index (χ1) is 12.1. The second kappa shape index (κ2) is 5.93. The van der Waals surface area contributed by atoms with E-state index in [9.17, 15) is 14.9 Å². The number of nitrogens with zero attached hydrogens (tertiary/aromatic N) is 6. The SMILES string of the molecule is CC(=O)OCC1[CH][CH]C(n2nnc3c(C#N)nn(C4CC4)c3c2=O)O1. The summed E-state index contributed by atoms with van der Waals surface area (Å²) in [6.45, 7) is 1.37. The largest absolute Gasteiger partial charge is 0.463 e. The van der Waals surface area contributed by atoms with Crippen LogP contribution in [0.5, 0.6) is 0 Å². The van der Waals surface area contributed by atoms with Gasteiger partial charge >= 0.3 is 5.97 Å². The van der Waals surface area contributed by atoms with Gasteiger partial charge in [-0.1, -0.05) is 5.21 Å². The lowest BCUT2D eigenvalue weighted by Gasteiger charge is -2.14. The van der Waals surface area contributed by atoms with E-state index in [0.29, 0.717) is 0 Å². The summed E-state index contributed by atoms with van der Waals surface area (Å²) in [5.74, 6) is -0.406. The van der Waals surface area contributed by atoms with Crippen molar-refractivity contribution < 1.29 is 14.3 Å². The van der Waals surface area contributed by atoms with Crippen LogP contribution in [0.15, 0.2) is 4.79 Å². The molecule has 0 aromatic carbocycles. The molecule has 1 aliphatic carbocycles. The molecule has 2 atom stereocenters. The highest BCUT2D eigenvalue weighted by Gasteiger charge is 2.33. The van der Waals surface area contributed by atoms with Crippen LogP contribution in [0.25, 0.3) is 11.0 Å². The lowest BCUT2D eigenvalue weighted by atomic mass is 10.2. The molecule has 10 heteroatoms. The highest BCUT2D eigenvalue weighted by Crippen LogP contribution is 2.36. The molecule has 1 aliphatic heterocycles. The third-order valence-electron chi connectivity index (χ3n) is 4.03. The number of carbonyl (C=O) groups is 1. The number of hydrogen-bond acceptors (Lipinski definition) is 8. The van der Waals surface area contributed by atoms with E-state index >= 15 is 0 Å². The van der Waals surface area contributed by atoms with Crippen LogP contribution in [-0.4, -0.2) is 43.5 Å². The van der Waals surface area contributed by atoms with Gasteiger partial charge in [0.2, 0.25) is 0 Å². The van der Waals surface area contributed by atoms with Crippen LogP contribution in [-0.2, 0) is 14.3 Å². The number of rotatable bonds is 4. The molecule has 25 heavy (non-hydrogen) atoms. The second-order valence-electron chi connectivity index (χ2n) is 5.93. The zero-order valence-corrected chi connectivity index (χ0v) is 13.3. The maximum Gasteiger partial charge on any atom is 0.302 e. The highest BCUT2D eigenvalue weighted by atomic mass is 16.6. The maximum atomic E-state index is 12.9. The first-order valence-corrected chi connectivity index (χ1v) is 7.83. The molecule has 0 amide bonds. The Labute approximate surface area is 141 Å². The third kappa shape index (κ3) is 2.76. The molecule has 128 valence electrons. The van der Waals surface area contributed by atoms with Crippen LogP contribution in [0.1, 0.15) is 37.7 Å². The Hall–Kier alpha value is -2.80. The van der Waals surface area contributed by atoms with Gasteiger partial charge in [-0.2, -0.15) is 15.0 Å². The quantitative estimate of drug-likeness (QED) is 0.714. The number of carbonyl (C=O) groups excluding carboxylic acids is 1. The van der Waals surface area contributed by atoms with E-state index in [1.54, 1.807) is 17.5 Å². The van der Waals surface area contributed by atoms with Gasteiger partial charge in [0.25, 0.3) is 5.56 Å². The second-order valence-corrected chi connectivity index (χ2v) is 5.93. The number of ether oxygens (including phenoxy) is 2. The van der Waals surface area contributed by atoms with Gasteiger partial charge in [0.1, 0.15) is 12.7 Å². The van der Waals surface area contributed by atoms with Gasteiger partial charge in [-0.05, 0) is 12.8 Å². The van der Waals surface area contributed by atoms with Gasteiger partial charge in [-0.3, -0.25) is 14.3 Å². The van der Waals surface area contributed by atoms with E-state index in [-0.39, 0.29) is 29.4 Å². The third-order valence-corrected chi connectivity index (χ3v) is 4.03. The van der Waals surface area contributed by atoms with Crippen LogP contribution in [0.4, 0.5) is 0 Å². The zero-order valence-electron chi connectivity index (χ0n) is 13.3. The van der Waals surface area contributed by atoms with Crippen molar-refractivity contribution in [2.45, 2.75) is 38.1 Å². The number of esters is 1. The summed E-state index contributed by atoms with van der Waals surface area (Å²) in [4.78, 5) is 23.7. The molecule has 2 radical (unpaired) electrons. The summed E-state index contributed by atoms with van der Waals surface area (Å²) in [6, 6.07) is 2.06. The van der Waals surface area contributed by atoms with Crippen LogP contribution in [0.3, 0.4) is 0 Å². The van der Waals surface area contributed by atoms with Crippen LogP contribution in [0.2, 0.25) is 0 Å². The number of hydrogen-bond donors (Lipinski definition) is 0. The monoisotopic (exact) mass is 342 g/mol. The molecule has 2 aromatic rings. The number of nitriles is 1. The molecular formula is C15H14N6O4. The van der Waals surface area contributed by atoms with E-state index in [0.717, 1.165) is 17.5 Å². The van der Waals surface area contributed by atoms with Crippen LogP contribution in [0, 0.1) is 24.2 Å². The van der Waals surface area contributed by atoms with E-state index in [4.69, 9.17) is 9.47 Å². The van der Waals surface area contributed by atoms with Gasteiger partial charge < -0.3 is 9.47 Å². The van der Waals surface area contributed by atoms with Crippen molar-refractivity contribution in [1.29, 1.82) is 5.26 Å². The summed E-state index contributed by atoms with van der Waals surface area (Å²) < 4.78 is 13.2. The van der Waals surface area contributed by atoms with E-state index < -0.39 is 23.9 Å². The molecule has 4 rings (SSSR count). The Kier molecular flexibility index (Phi) is 3.73. The van der Waals surface area contributed by atoms with Gasteiger partial charge in [-0.15, -0.1) is 5.10 Å². The minimum atomic E-state index is -0.752. The standard InChI is InChI=1S/C15H14N6O4/c1-8(22)24-7-10-4-5-12(25-10)21-15(23)14-13(17-19-21)11(6-16)18-20(14)9-2-3-9/h4-5,9-10,12H,2-3,7H2,1H3. The van der Waals surface area contributed by atoms with Gasteiger partial charge in [-0.25, -0.2) is 0 Å². The molecule has 1 saturated heterocycles. The molecule has 2 aromatic heterocycles. The summed E-state index contributed by atoms with van der Waals surface area (Å²) in [6.07, 6.45) is 3.96. The van der Waals surface area contributed by atoms with Crippen molar-refractivity contribution in [3.05, 3.63) is 28.9 Å². The summed E-state index contributed by atoms with van der Waals surface area (Å²) in [7, 11) is 0. The molecular weight excluding hydrogens is 328 g/mol. The minimum Gasteiger partial charge on any atom is -0.463 e. The highest BCUT2D eigenvalue weighted by molar-refractivity contribution is 5.78. The zero-order chi connectivity index (χ0) is 17.6. The van der Waals surface area contributed by atoms with Crippen molar-refractivity contribution in [2.24, 2.45) is 0 Å². The maximum absolute atomic E-state index is 12.9. The first kappa shape index (κ1) is 15.7. The fraction of sp³-hybridized carbons (Fsp3) is 0.467. The van der Waals surface area contributed by atoms with E-state index in [1.807, 2.05) is 6.07 Å². The Bertz CT molecular complexity index is 938. The summed E-state index contributed by atoms with van der Waals surface area (Å²) in [5, 5.41) is 21.2. The minimum absolute atomic E-state index is 0.0609. The normalized spacial score (nSPS) is 22.9. The Morgan fingerprint density at radius 1 is 1.44 bits per heavy atom. The molecule has 1 saturated carbocycles. The Morgan fingerprint density at radius 2 is 2.24 bits per heavy atom. The average molecular weight is 342 g/mol. The van der Waals surface area contributed by atoms with Gasteiger partial charge in [0.05, 0.1) is 12.1 Å². The van der Waals surface area contributed by atoms with Crippen molar-refractivity contribution in [3.8, 4) is 6.07 Å². The number of fused-ring (bicyclic) bond motifs is 1. The molecule has 0 spiro atoms. The van der Waals surface area contributed by atoms with Gasteiger partial charge in [0, 0.05) is 19.8 Å². The lowest BCUT2D eigenvalue weighted by Crippen LogP contribution is -2.30. The Balaban J connectivity index is 1.66. The fourth-order valence-electron chi connectivity index (χ4n) is 2.71. The van der Waals surface area contributed by atoms with Crippen molar-refractivity contribution in [2.75, 3.05) is 6.61 Å². The molecule has 3 heterocycles. The number of aromatic nitrogens is 5. The van der Waals surface area contributed by atoms with Crippen molar-refractivity contribution in [1.82, 2.24) is 24.8 Å². The summed E-state index contributed by atoms with van der Waals surface area (Å²) in [5.41, 5.74) is 0.131. The fourth-order valence-corrected chi connectivity index (χ4v) is 2.71. The van der Waals surface area contributed by atoms with Crippen molar-refractivity contribution >= 4 is 17.0 Å². The van der Waals surface area contributed by atoms with E-state index in [1.165, 1.54) is 6.92 Å².